The zero-order valence-corrected chi connectivity index (χ0v) is 12.6. The number of carboxylic acid groups (broad SMARTS) is 1. The maximum Gasteiger partial charge on any atom is 0.319 e. The van der Waals surface area contributed by atoms with Gasteiger partial charge in [-0.3, -0.25) is 9.59 Å². The van der Waals surface area contributed by atoms with Crippen LogP contribution in [0.2, 0.25) is 0 Å². The molecule has 116 valence electrons. The van der Waals surface area contributed by atoms with Gasteiger partial charge in [0.05, 0.1) is 13.0 Å². The van der Waals surface area contributed by atoms with E-state index in [0.29, 0.717) is 19.5 Å². The second kappa shape index (κ2) is 9.17. The Bertz CT molecular complexity index is 346. The topological polar surface area (TPSA) is 87.2 Å². The molecule has 7 heteroatoms. The number of esters is 1. The van der Waals surface area contributed by atoms with Gasteiger partial charge in [0.2, 0.25) is 0 Å². The lowest BCUT2D eigenvalue weighted by Gasteiger charge is -2.28. The third-order valence-electron chi connectivity index (χ3n) is 3.00. The van der Waals surface area contributed by atoms with Crippen LogP contribution in [0.3, 0.4) is 0 Å². The molecular weight excluding hydrogens is 264 g/mol. The molecule has 0 aliphatic rings. The first-order valence-electron chi connectivity index (χ1n) is 6.63. The molecule has 20 heavy (non-hydrogen) atoms. The molecule has 0 aromatic heterocycles. The van der Waals surface area contributed by atoms with Crippen LogP contribution in [0.1, 0.15) is 26.7 Å². The Kier molecular flexibility index (Phi) is 8.35. The number of hydrogen-bond acceptors (Lipinski definition) is 4. The molecule has 1 atom stereocenters. The van der Waals surface area contributed by atoms with Crippen molar-refractivity contribution in [2.45, 2.75) is 26.7 Å². The Balaban J connectivity index is 4.30. The van der Waals surface area contributed by atoms with E-state index in [1.807, 2.05) is 0 Å². The highest BCUT2D eigenvalue weighted by atomic mass is 16.5. The molecule has 0 aliphatic carbocycles. The first-order chi connectivity index (χ1) is 9.33. The van der Waals surface area contributed by atoms with Gasteiger partial charge in [0.25, 0.3) is 0 Å². The summed E-state index contributed by atoms with van der Waals surface area (Å²) in [6, 6.07) is -0.231. The number of carbonyl (C=O) groups excluding carboxylic acids is 2. The highest BCUT2D eigenvalue weighted by molar-refractivity contribution is 5.76. The largest absolute Gasteiger partial charge is 0.481 e. The van der Waals surface area contributed by atoms with Crippen LogP contribution in [0.15, 0.2) is 0 Å². The molecule has 0 rings (SSSR count). The lowest BCUT2D eigenvalue weighted by atomic mass is 10.2. The van der Waals surface area contributed by atoms with E-state index in [1.54, 1.807) is 20.9 Å². The number of aliphatic carboxylic acids is 1. The average Bonchev–Trinajstić information content (AvgIpc) is 2.42. The van der Waals surface area contributed by atoms with Gasteiger partial charge in [0, 0.05) is 33.1 Å². The minimum atomic E-state index is -0.926. The second-order valence-electron chi connectivity index (χ2n) is 4.66. The van der Waals surface area contributed by atoms with Crippen molar-refractivity contribution in [2.75, 3.05) is 33.8 Å². The maximum atomic E-state index is 12.1. The number of methoxy groups -OCH3 is 1. The molecule has 0 saturated heterocycles. The van der Waals surface area contributed by atoms with Gasteiger partial charge < -0.3 is 19.6 Å². The first-order valence-corrected chi connectivity index (χ1v) is 6.63. The summed E-state index contributed by atoms with van der Waals surface area (Å²) in [6.45, 7) is 4.40. The lowest BCUT2D eigenvalue weighted by Crippen LogP contribution is -2.44. The molecule has 1 N–H and O–H groups in total. The lowest BCUT2D eigenvalue weighted by molar-refractivity contribution is -0.142. The van der Waals surface area contributed by atoms with E-state index in [9.17, 15) is 14.4 Å². The minimum Gasteiger partial charge on any atom is -0.481 e. The van der Waals surface area contributed by atoms with Crippen molar-refractivity contribution in [3.05, 3.63) is 0 Å². The molecule has 0 saturated carbocycles. The number of rotatable bonds is 8. The summed E-state index contributed by atoms with van der Waals surface area (Å²) in [5.74, 6) is -1.84. The van der Waals surface area contributed by atoms with E-state index >= 15 is 0 Å². The molecule has 0 spiro atoms. The van der Waals surface area contributed by atoms with Crippen molar-refractivity contribution in [3.8, 4) is 0 Å². The molecule has 0 aliphatic heterocycles. The number of ether oxygens (including phenoxy) is 1. The summed E-state index contributed by atoms with van der Waals surface area (Å²) in [5.41, 5.74) is 0. The molecule has 7 nitrogen and oxygen atoms in total. The van der Waals surface area contributed by atoms with Crippen LogP contribution in [0.5, 0.6) is 0 Å². The first kappa shape index (κ1) is 18.2. The van der Waals surface area contributed by atoms with Gasteiger partial charge in [0.15, 0.2) is 0 Å². The van der Waals surface area contributed by atoms with Gasteiger partial charge in [-0.15, -0.1) is 0 Å². The SMILES string of the molecule is CCN(CC(C)C(=O)O)C(=O)N(C)CCCC(=O)OC. The van der Waals surface area contributed by atoms with E-state index in [2.05, 4.69) is 4.74 Å². The number of hydrogen-bond donors (Lipinski definition) is 1. The fourth-order valence-electron chi connectivity index (χ4n) is 1.65. The van der Waals surface area contributed by atoms with Crippen LogP contribution < -0.4 is 0 Å². The molecule has 2 amide bonds. The predicted octanol–water partition coefficient (Wildman–Crippen LogP) is 1.03. The van der Waals surface area contributed by atoms with Crippen LogP contribution in [-0.4, -0.2) is 66.7 Å². The second-order valence-corrected chi connectivity index (χ2v) is 4.66. The van der Waals surface area contributed by atoms with Gasteiger partial charge in [0.1, 0.15) is 0 Å². The number of urea groups is 1. The molecule has 0 bridgehead atoms. The Morgan fingerprint density at radius 2 is 1.90 bits per heavy atom. The zero-order chi connectivity index (χ0) is 15.7. The maximum absolute atomic E-state index is 12.1. The average molecular weight is 288 g/mol. The smallest absolute Gasteiger partial charge is 0.319 e. The van der Waals surface area contributed by atoms with Crippen molar-refractivity contribution >= 4 is 18.0 Å². The molecule has 1 unspecified atom stereocenters. The van der Waals surface area contributed by atoms with Gasteiger partial charge in [-0.1, -0.05) is 6.92 Å². The molecule has 0 aromatic carbocycles. The van der Waals surface area contributed by atoms with Crippen molar-refractivity contribution in [1.29, 1.82) is 0 Å². The summed E-state index contributed by atoms with van der Waals surface area (Å²) in [4.78, 5) is 36.9. The molecule has 0 radical (unpaired) electrons. The van der Waals surface area contributed by atoms with E-state index in [4.69, 9.17) is 5.11 Å². The van der Waals surface area contributed by atoms with E-state index in [-0.39, 0.29) is 25.0 Å². The summed E-state index contributed by atoms with van der Waals surface area (Å²) in [6.07, 6.45) is 0.771. The number of carboxylic acids is 1. The van der Waals surface area contributed by atoms with Crippen LogP contribution in [0.25, 0.3) is 0 Å². The van der Waals surface area contributed by atoms with E-state index in [1.165, 1.54) is 16.9 Å². The van der Waals surface area contributed by atoms with Crippen LogP contribution in [0.4, 0.5) is 4.79 Å². The van der Waals surface area contributed by atoms with Crippen LogP contribution >= 0.6 is 0 Å². The van der Waals surface area contributed by atoms with Gasteiger partial charge in [-0.2, -0.15) is 0 Å². The Morgan fingerprint density at radius 1 is 1.30 bits per heavy atom. The van der Waals surface area contributed by atoms with Gasteiger partial charge in [-0.25, -0.2) is 4.79 Å². The van der Waals surface area contributed by atoms with E-state index in [0.717, 1.165) is 0 Å². The number of carbonyl (C=O) groups is 3. The molecular formula is C13H24N2O5. The summed E-state index contributed by atoms with van der Waals surface area (Å²) >= 11 is 0. The standard InChI is InChI=1S/C13H24N2O5/c1-5-15(9-10(2)12(17)18)13(19)14(3)8-6-7-11(16)20-4/h10H,5-9H2,1-4H3,(H,17,18). The Labute approximate surface area is 119 Å². The summed E-state index contributed by atoms with van der Waals surface area (Å²) < 4.78 is 4.52. The fraction of sp³-hybridized carbons (Fsp3) is 0.769. The van der Waals surface area contributed by atoms with E-state index < -0.39 is 11.9 Å². The number of amides is 2. The monoisotopic (exact) mass is 288 g/mol. The third kappa shape index (κ3) is 6.40. The summed E-state index contributed by atoms with van der Waals surface area (Å²) in [7, 11) is 2.96. The molecule has 0 fully saturated rings. The number of nitrogens with zero attached hydrogens (tertiary/aromatic N) is 2. The minimum absolute atomic E-state index is 0.173. The Hall–Kier alpha value is -1.79. The van der Waals surface area contributed by atoms with Crippen molar-refractivity contribution in [3.63, 3.8) is 0 Å². The third-order valence-corrected chi connectivity index (χ3v) is 3.00. The quantitative estimate of drug-likeness (QED) is 0.674. The summed E-state index contributed by atoms with van der Waals surface area (Å²) in [5, 5.41) is 8.87. The Morgan fingerprint density at radius 3 is 2.35 bits per heavy atom. The van der Waals surface area contributed by atoms with Crippen molar-refractivity contribution in [2.24, 2.45) is 5.92 Å². The highest BCUT2D eigenvalue weighted by Crippen LogP contribution is 2.05. The molecule has 0 heterocycles. The zero-order valence-electron chi connectivity index (χ0n) is 12.6. The molecule has 0 aromatic rings. The predicted molar refractivity (Wildman–Crippen MR) is 73.3 cm³/mol. The van der Waals surface area contributed by atoms with Gasteiger partial charge >= 0.3 is 18.0 Å². The highest BCUT2D eigenvalue weighted by Gasteiger charge is 2.21. The fourth-order valence-corrected chi connectivity index (χ4v) is 1.65. The van der Waals surface area contributed by atoms with Crippen LogP contribution in [-0.2, 0) is 14.3 Å². The van der Waals surface area contributed by atoms with Crippen LogP contribution in [0, 0.1) is 5.92 Å². The van der Waals surface area contributed by atoms with Gasteiger partial charge in [-0.05, 0) is 13.3 Å². The normalized spacial score (nSPS) is 11.6. The van der Waals surface area contributed by atoms with Crippen molar-refractivity contribution < 1.29 is 24.2 Å². The van der Waals surface area contributed by atoms with Crippen molar-refractivity contribution in [1.82, 2.24) is 9.80 Å².